The highest BCUT2D eigenvalue weighted by Crippen LogP contribution is 2.33. The van der Waals surface area contributed by atoms with Gasteiger partial charge in [-0.05, 0) is 43.0 Å². The van der Waals surface area contributed by atoms with E-state index in [0.29, 0.717) is 5.15 Å². The molecule has 0 saturated carbocycles. The van der Waals surface area contributed by atoms with Crippen LogP contribution in [0.25, 0.3) is 11.1 Å². The number of hydrogen-bond donors (Lipinski definition) is 0. The zero-order valence-corrected chi connectivity index (χ0v) is 11.7. The van der Waals surface area contributed by atoms with E-state index in [4.69, 9.17) is 11.6 Å². The van der Waals surface area contributed by atoms with Gasteiger partial charge in [-0.15, -0.1) is 0 Å². The van der Waals surface area contributed by atoms with Crippen LogP contribution in [0.1, 0.15) is 16.8 Å². The third-order valence-corrected chi connectivity index (χ3v) is 3.58. The number of aromatic nitrogens is 1. The molecule has 5 heteroatoms. The number of hydrogen-bond acceptors (Lipinski definition) is 3. The van der Waals surface area contributed by atoms with Gasteiger partial charge in [0.25, 0.3) is 5.69 Å². The summed E-state index contributed by atoms with van der Waals surface area (Å²) in [6.45, 7) is 5.69. The predicted octanol–water partition coefficient (Wildman–Crippen LogP) is 4.24. The Labute approximate surface area is 116 Å². The molecule has 1 aromatic carbocycles. The molecule has 0 radical (unpaired) electrons. The second kappa shape index (κ2) is 4.97. The van der Waals surface area contributed by atoms with E-state index in [1.54, 1.807) is 12.1 Å². The van der Waals surface area contributed by atoms with Crippen LogP contribution in [0, 0.1) is 30.9 Å². The van der Waals surface area contributed by atoms with E-state index in [1.807, 2.05) is 26.8 Å². The monoisotopic (exact) mass is 276 g/mol. The molecule has 19 heavy (non-hydrogen) atoms. The number of rotatable bonds is 2. The van der Waals surface area contributed by atoms with Crippen molar-refractivity contribution in [1.29, 1.82) is 0 Å². The maximum Gasteiger partial charge on any atom is 0.270 e. The molecule has 1 aromatic heterocycles. The van der Waals surface area contributed by atoms with Crippen LogP contribution in [0.2, 0.25) is 5.15 Å². The lowest BCUT2D eigenvalue weighted by atomic mass is 9.96. The Morgan fingerprint density at radius 2 is 1.89 bits per heavy atom. The van der Waals surface area contributed by atoms with Crippen LogP contribution in [0.3, 0.4) is 0 Å². The molecular formula is C14H13ClN2O2. The molecule has 0 N–H and O–H groups in total. The first-order valence-corrected chi connectivity index (χ1v) is 6.17. The highest BCUT2D eigenvalue weighted by Gasteiger charge is 2.15. The number of nitrogens with zero attached hydrogens (tertiary/aromatic N) is 2. The Hall–Kier alpha value is -1.94. The summed E-state index contributed by atoms with van der Waals surface area (Å²) in [6.07, 6.45) is 0. The first kappa shape index (κ1) is 13.5. The molecule has 1 heterocycles. The molecule has 0 amide bonds. The quantitative estimate of drug-likeness (QED) is 0.468. The maximum absolute atomic E-state index is 10.9. The fourth-order valence-electron chi connectivity index (χ4n) is 2.09. The van der Waals surface area contributed by atoms with E-state index >= 15 is 0 Å². The summed E-state index contributed by atoms with van der Waals surface area (Å²) in [4.78, 5) is 14.7. The molecule has 0 bridgehead atoms. The maximum atomic E-state index is 10.9. The molecule has 0 aliphatic carbocycles. The molecular weight excluding hydrogens is 264 g/mol. The standard InChI is InChI=1S/C14H13ClN2O2/c1-8-10(3)16-14(15)9(2)13(8)11-5-4-6-12(7-11)17(18)19/h4-7H,1-3H3. The predicted molar refractivity (Wildman–Crippen MR) is 75.5 cm³/mol. The summed E-state index contributed by atoms with van der Waals surface area (Å²) in [7, 11) is 0. The van der Waals surface area contributed by atoms with E-state index < -0.39 is 4.92 Å². The number of aryl methyl sites for hydroxylation is 1. The van der Waals surface area contributed by atoms with Gasteiger partial charge in [-0.3, -0.25) is 10.1 Å². The Morgan fingerprint density at radius 1 is 1.21 bits per heavy atom. The Kier molecular flexibility index (Phi) is 3.53. The largest absolute Gasteiger partial charge is 0.270 e. The lowest BCUT2D eigenvalue weighted by molar-refractivity contribution is -0.384. The number of nitro groups is 1. The Morgan fingerprint density at radius 3 is 2.53 bits per heavy atom. The molecule has 0 atom stereocenters. The van der Waals surface area contributed by atoms with Crippen LogP contribution in [0.5, 0.6) is 0 Å². The van der Waals surface area contributed by atoms with Crippen molar-refractivity contribution in [3.63, 3.8) is 0 Å². The fraction of sp³-hybridized carbons (Fsp3) is 0.214. The van der Waals surface area contributed by atoms with Crippen LogP contribution >= 0.6 is 11.6 Å². The molecule has 0 saturated heterocycles. The van der Waals surface area contributed by atoms with Crippen molar-refractivity contribution < 1.29 is 4.92 Å². The van der Waals surface area contributed by atoms with Gasteiger partial charge in [0.15, 0.2) is 0 Å². The van der Waals surface area contributed by atoms with Crippen LogP contribution in [0.4, 0.5) is 5.69 Å². The van der Waals surface area contributed by atoms with Crippen LogP contribution in [-0.2, 0) is 0 Å². The number of nitro benzene ring substituents is 1. The topological polar surface area (TPSA) is 56.0 Å². The van der Waals surface area contributed by atoms with Crippen molar-refractivity contribution in [2.75, 3.05) is 0 Å². The van der Waals surface area contributed by atoms with Gasteiger partial charge < -0.3 is 0 Å². The number of non-ortho nitro benzene ring substituents is 1. The van der Waals surface area contributed by atoms with Gasteiger partial charge in [0.2, 0.25) is 0 Å². The zero-order valence-electron chi connectivity index (χ0n) is 10.9. The molecule has 0 aliphatic rings. The average Bonchev–Trinajstić information content (AvgIpc) is 2.37. The molecule has 0 spiro atoms. The van der Waals surface area contributed by atoms with Crippen molar-refractivity contribution >= 4 is 17.3 Å². The minimum Gasteiger partial charge on any atom is -0.258 e. The van der Waals surface area contributed by atoms with Gasteiger partial charge >= 0.3 is 0 Å². The molecule has 4 nitrogen and oxygen atoms in total. The summed E-state index contributed by atoms with van der Waals surface area (Å²) in [6, 6.07) is 6.56. The molecule has 2 aromatic rings. The first-order valence-electron chi connectivity index (χ1n) is 5.80. The smallest absolute Gasteiger partial charge is 0.258 e. The van der Waals surface area contributed by atoms with Gasteiger partial charge in [0.05, 0.1) is 4.92 Å². The third-order valence-electron chi connectivity index (χ3n) is 3.21. The number of pyridine rings is 1. The lowest BCUT2D eigenvalue weighted by Gasteiger charge is -2.13. The molecule has 2 rings (SSSR count). The van der Waals surface area contributed by atoms with Gasteiger partial charge in [0.1, 0.15) is 5.15 Å². The summed E-state index contributed by atoms with van der Waals surface area (Å²) in [5.41, 5.74) is 4.43. The van der Waals surface area contributed by atoms with Gasteiger partial charge in [0, 0.05) is 17.8 Å². The van der Waals surface area contributed by atoms with E-state index in [2.05, 4.69) is 4.98 Å². The zero-order chi connectivity index (χ0) is 14.2. The van der Waals surface area contributed by atoms with E-state index in [9.17, 15) is 10.1 Å². The van der Waals surface area contributed by atoms with Gasteiger partial charge in [-0.2, -0.15) is 0 Å². The highest BCUT2D eigenvalue weighted by molar-refractivity contribution is 6.30. The highest BCUT2D eigenvalue weighted by atomic mass is 35.5. The summed E-state index contributed by atoms with van der Waals surface area (Å²) >= 11 is 6.10. The lowest BCUT2D eigenvalue weighted by Crippen LogP contribution is -1.97. The molecule has 0 aliphatic heterocycles. The average molecular weight is 277 g/mol. The normalized spacial score (nSPS) is 10.5. The summed E-state index contributed by atoms with van der Waals surface area (Å²) in [5.74, 6) is 0. The Bertz CT molecular complexity index is 642. The van der Waals surface area contributed by atoms with E-state index in [-0.39, 0.29) is 5.69 Å². The second-order valence-corrected chi connectivity index (χ2v) is 4.78. The van der Waals surface area contributed by atoms with Crippen LogP contribution < -0.4 is 0 Å². The van der Waals surface area contributed by atoms with Crippen LogP contribution in [-0.4, -0.2) is 9.91 Å². The molecule has 0 fully saturated rings. The minimum atomic E-state index is -0.399. The Balaban J connectivity index is 2.72. The van der Waals surface area contributed by atoms with Gasteiger partial charge in [-0.1, -0.05) is 23.7 Å². The van der Waals surface area contributed by atoms with Crippen molar-refractivity contribution in [3.05, 3.63) is 56.4 Å². The summed E-state index contributed by atoms with van der Waals surface area (Å²) < 4.78 is 0. The number of benzene rings is 1. The summed E-state index contributed by atoms with van der Waals surface area (Å²) in [5, 5.41) is 11.3. The van der Waals surface area contributed by atoms with Crippen LogP contribution in [0.15, 0.2) is 24.3 Å². The van der Waals surface area contributed by atoms with Crippen molar-refractivity contribution in [2.45, 2.75) is 20.8 Å². The van der Waals surface area contributed by atoms with Gasteiger partial charge in [-0.25, -0.2) is 4.98 Å². The minimum absolute atomic E-state index is 0.0712. The van der Waals surface area contributed by atoms with E-state index in [1.165, 1.54) is 6.07 Å². The SMILES string of the molecule is Cc1nc(Cl)c(C)c(-c2cccc([N+](=O)[O-])c2)c1C. The second-order valence-electron chi connectivity index (χ2n) is 4.42. The van der Waals surface area contributed by atoms with Crippen molar-refractivity contribution in [1.82, 2.24) is 4.98 Å². The van der Waals surface area contributed by atoms with Crippen molar-refractivity contribution in [2.24, 2.45) is 0 Å². The van der Waals surface area contributed by atoms with E-state index in [0.717, 1.165) is 27.9 Å². The molecule has 98 valence electrons. The number of halogens is 1. The first-order chi connectivity index (χ1) is 8.91. The molecule has 0 unspecified atom stereocenters. The fourth-order valence-corrected chi connectivity index (χ4v) is 2.31. The van der Waals surface area contributed by atoms with Crippen molar-refractivity contribution in [3.8, 4) is 11.1 Å². The third kappa shape index (κ3) is 2.44.